The predicted molar refractivity (Wildman–Crippen MR) is 81.0 cm³/mol. The van der Waals surface area contributed by atoms with E-state index in [1.165, 1.54) is 5.56 Å². The predicted octanol–water partition coefficient (Wildman–Crippen LogP) is 3.77. The number of carbonyl (C=O) groups excluding carboxylic acids is 1. The molecule has 1 atom stereocenters. The van der Waals surface area contributed by atoms with Crippen molar-refractivity contribution in [3.63, 3.8) is 0 Å². The number of benzene rings is 1. The fourth-order valence-electron chi connectivity index (χ4n) is 2.95. The van der Waals surface area contributed by atoms with Gasteiger partial charge in [-0.1, -0.05) is 34.1 Å². The zero-order chi connectivity index (χ0) is 14.3. The van der Waals surface area contributed by atoms with Crippen LogP contribution in [0.2, 0.25) is 0 Å². The number of fused-ring (bicyclic) bond motifs is 1. The van der Waals surface area contributed by atoms with Gasteiger partial charge >= 0.3 is 0 Å². The standard InChI is InChI=1S/C16H15BrN2O/c1-9-16-14(19-10(2)18-9)7-11(8-15(16)20)12-5-3-4-6-13(12)17/h3-6,11H,7-8H2,1-2H3. The van der Waals surface area contributed by atoms with Crippen molar-refractivity contribution in [2.24, 2.45) is 0 Å². The van der Waals surface area contributed by atoms with Gasteiger partial charge in [0.15, 0.2) is 5.78 Å². The first-order chi connectivity index (χ1) is 9.56. The normalized spacial score (nSPS) is 17.9. The first-order valence-electron chi connectivity index (χ1n) is 6.68. The second-order valence-corrected chi connectivity index (χ2v) is 6.08. The molecule has 4 heteroatoms. The van der Waals surface area contributed by atoms with Crippen LogP contribution in [0.15, 0.2) is 28.7 Å². The zero-order valence-corrected chi connectivity index (χ0v) is 13.1. The summed E-state index contributed by atoms with van der Waals surface area (Å²) < 4.78 is 1.06. The average Bonchev–Trinajstić information content (AvgIpc) is 2.37. The van der Waals surface area contributed by atoms with Crippen molar-refractivity contribution in [3.8, 4) is 0 Å². The number of aromatic nitrogens is 2. The summed E-state index contributed by atoms with van der Waals surface area (Å²) in [4.78, 5) is 21.2. The number of nitrogens with zero attached hydrogens (tertiary/aromatic N) is 2. The molecule has 1 unspecified atom stereocenters. The van der Waals surface area contributed by atoms with Crippen molar-refractivity contribution in [3.05, 3.63) is 57.1 Å². The highest BCUT2D eigenvalue weighted by molar-refractivity contribution is 9.10. The number of halogens is 1. The molecular formula is C16H15BrN2O. The van der Waals surface area contributed by atoms with Gasteiger partial charge in [0.1, 0.15) is 5.82 Å². The third-order valence-corrected chi connectivity index (χ3v) is 4.49. The van der Waals surface area contributed by atoms with Crippen molar-refractivity contribution in [2.45, 2.75) is 32.6 Å². The maximum atomic E-state index is 12.4. The molecule has 1 aliphatic carbocycles. The molecule has 20 heavy (non-hydrogen) atoms. The molecule has 1 aromatic carbocycles. The van der Waals surface area contributed by atoms with E-state index in [4.69, 9.17) is 0 Å². The fourth-order valence-corrected chi connectivity index (χ4v) is 3.56. The van der Waals surface area contributed by atoms with Crippen molar-refractivity contribution in [1.29, 1.82) is 0 Å². The molecule has 0 spiro atoms. The van der Waals surface area contributed by atoms with Crippen LogP contribution in [0.1, 0.15) is 45.5 Å². The lowest BCUT2D eigenvalue weighted by Gasteiger charge is -2.25. The fraction of sp³-hybridized carbons (Fsp3) is 0.312. The van der Waals surface area contributed by atoms with E-state index >= 15 is 0 Å². The van der Waals surface area contributed by atoms with Crippen LogP contribution in [0.5, 0.6) is 0 Å². The smallest absolute Gasteiger partial charge is 0.167 e. The summed E-state index contributed by atoms with van der Waals surface area (Å²) in [5, 5.41) is 0. The number of hydrogen-bond acceptors (Lipinski definition) is 3. The minimum absolute atomic E-state index is 0.157. The molecule has 0 bridgehead atoms. The van der Waals surface area contributed by atoms with E-state index in [1.807, 2.05) is 32.0 Å². The molecule has 1 aromatic heterocycles. The Morgan fingerprint density at radius 3 is 2.65 bits per heavy atom. The van der Waals surface area contributed by atoms with Gasteiger partial charge in [0, 0.05) is 10.9 Å². The van der Waals surface area contributed by atoms with Crippen LogP contribution in [0, 0.1) is 13.8 Å². The summed E-state index contributed by atoms with van der Waals surface area (Å²) in [5.41, 5.74) is 3.62. The van der Waals surface area contributed by atoms with Gasteiger partial charge in [-0.15, -0.1) is 0 Å². The highest BCUT2D eigenvalue weighted by atomic mass is 79.9. The molecule has 1 heterocycles. The van der Waals surface area contributed by atoms with Gasteiger partial charge in [0.25, 0.3) is 0 Å². The van der Waals surface area contributed by atoms with E-state index in [-0.39, 0.29) is 11.7 Å². The van der Waals surface area contributed by atoms with Gasteiger partial charge in [-0.3, -0.25) is 4.79 Å². The average molecular weight is 331 g/mol. The molecule has 2 aromatic rings. The summed E-state index contributed by atoms with van der Waals surface area (Å²) in [6.07, 6.45) is 1.33. The third kappa shape index (κ3) is 2.29. The van der Waals surface area contributed by atoms with Gasteiger partial charge in [0.2, 0.25) is 0 Å². The van der Waals surface area contributed by atoms with Crippen LogP contribution in [0.25, 0.3) is 0 Å². The van der Waals surface area contributed by atoms with Crippen LogP contribution >= 0.6 is 15.9 Å². The topological polar surface area (TPSA) is 42.9 Å². The van der Waals surface area contributed by atoms with Crippen LogP contribution < -0.4 is 0 Å². The van der Waals surface area contributed by atoms with E-state index in [0.717, 1.165) is 33.7 Å². The molecular weight excluding hydrogens is 316 g/mol. The van der Waals surface area contributed by atoms with Gasteiger partial charge in [-0.05, 0) is 37.8 Å². The molecule has 0 radical (unpaired) electrons. The van der Waals surface area contributed by atoms with Gasteiger partial charge in [0.05, 0.1) is 17.0 Å². The number of Topliss-reactive ketones (excluding diaryl/α,β-unsaturated/α-hetero) is 1. The molecule has 3 nitrogen and oxygen atoms in total. The molecule has 3 rings (SSSR count). The van der Waals surface area contributed by atoms with Crippen LogP contribution in [0.4, 0.5) is 0 Å². The van der Waals surface area contributed by atoms with Crippen molar-refractivity contribution < 1.29 is 4.79 Å². The summed E-state index contributed by atoms with van der Waals surface area (Å²) in [7, 11) is 0. The minimum atomic E-state index is 0.157. The van der Waals surface area contributed by atoms with E-state index in [1.54, 1.807) is 0 Å². The first kappa shape index (κ1) is 13.4. The first-order valence-corrected chi connectivity index (χ1v) is 7.47. The maximum Gasteiger partial charge on any atom is 0.167 e. The lowest BCUT2D eigenvalue weighted by molar-refractivity contribution is 0.0961. The summed E-state index contributed by atoms with van der Waals surface area (Å²) >= 11 is 3.58. The third-order valence-electron chi connectivity index (χ3n) is 3.77. The second-order valence-electron chi connectivity index (χ2n) is 5.23. The maximum absolute atomic E-state index is 12.4. The van der Waals surface area contributed by atoms with E-state index < -0.39 is 0 Å². The summed E-state index contributed by atoms with van der Waals surface area (Å²) in [5.74, 6) is 1.09. The second kappa shape index (κ2) is 5.09. The van der Waals surface area contributed by atoms with Gasteiger partial charge in [-0.25, -0.2) is 9.97 Å². The molecule has 0 fully saturated rings. The molecule has 102 valence electrons. The van der Waals surface area contributed by atoms with Crippen LogP contribution in [0.3, 0.4) is 0 Å². The minimum Gasteiger partial charge on any atom is -0.294 e. The lowest BCUT2D eigenvalue weighted by Crippen LogP contribution is -2.22. The lowest BCUT2D eigenvalue weighted by atomic mass is 9.81. The Bertz CT molecular complexity index is 697. The highest BCUT2D eigenvalue weighted by Crippen LogP contribution is 2.35. The molecule has 0 aliphatic heterocycles. The Hall–Kier alpha value is -1.55. The number of aryl methyl sites for hydroxylation is 2. The highest BCUT2D eigenvalue weighted by Gasteiger charge is 2.30. The molecule has 0 saturated heterocycles. The molecule has 0 saturated carbocycles. The number of ketones is 1. The number of carbonyl (C=O) groups is 1. The summed E-state index contributed by atoms with van der Waals surface area (Å²) in [6, 6.07) is 8.10. The van der Waals surface area contributed by atoms with Crippen molar-refractivity contribution in [1.82, 2.24) is 9.97 Å². The summed E-state index contributed by atoms with van der Waals surface area (Å²) in [6.45, 7) is 3.77. The van der Waals surface area contributed by atoms with E-state index in [0.29, 0.717) is 6.42 Å². The quantitative estimate of drug-likeness (QED) is 0.799. The zero-order valence-electron chi connectivity index (χ0n) is 11.5. The molecule has 0 N–H and O–H groups in total. The van der Waals surface area contributed by atoms with E-state index in [2.05, 4.69) is 32.0 Å². The van der Waals surface area contributed by atoms with Crippen LogP contribution in [-0.4, -0.2) is 15.8 Å². The van der Waals surface area contributed by atoms with Gasteiger partial charge in [-0.2, -0.15) is 0 Å². The molecule has 1 aliphatic rings. The SMILES string of the molecule is Cc1nc(C)c2c(n1)CC(c1ccccc1Br)CC2=O. The Morgan fingerprint density at radius 2 is 1.90 bits per heavy atom. The van der Waals surface area contributed by atoms with Crippen LogP contribution in [-0.2, 0) is 6.42 Å². The number of rotatable bonds is 1. The Morgan fingerprint density at radius 1 is 1.15 bits per heavy atom. The molecule has 0 amide bonds. The largest absolute Gasteiger partial charge is 0.294 e. The van der Waals surface area contributed by atoms with Gasteiger partial charge < -0.3 is 0 Å². The van der Waals surface area contributed by atoms with Crippen molar-refractivity contribution >= 4 is 21.7 Å². The van der Waals surface area contributed by atoms with E-state index in [9.17, 15) is 4.79 Å². The van der Waals surface area contributed by atoms with Crippen molar-refractivity contribution in [2.75, 3.05) is 0 Å². The number of hydrogen-bond donors (Lipinski definition) is 0. The monoisotopic (exact) mass is 330 g/mol. The Balaban J connectivity index is 2.05. The Kier molecular flexibility index (Phi) is 3.42. The Labute approximate surface area is 126 Å².